The fraction of sp³-hybridized carbons (Fsp3) is 0.190. The normalized spacial score (nSPS) is 11.7. The molecule has 0 aliphatic rings. The van der Waals surface area contributed by atoms with Crippen LogP contribution in [-0.2, 0) is 20.9 Å². The summed E-state index contributed by atoms with van der Waals surface area (Å²) < 4.78 is 6.33. The van der Waals surface area contributed by atoms with Gasteiger partial charge in [-0.25, -0.2) is 4.98 Å². The fourth-order valence-corrected chi connectivity index (χ4v) is 2.80. The average molecular weight is 393 g/mol. The Morgan fingerprint density at radius 2 is 1.79 bits per heavy atom. The predicted octanol–water partition coefficient (Wildman–Crippen LogP) is 2.17. The van der Waals surface area contributed by atoms with Crippen LogP contribution in [0.25, 0.3) is 10.9 Å². The maximum Gasteiger partial charge on any atom is 0.326 e. The highest BCUT2D eigenvalue weighted by Crippen LogP contribution is 2.13. The molecule has 1 N–H and O–H groups in total. The number of para-hydroxylation sites is 1. The molecule has 0 saturated heterocycles. The zero-order chi connectivity index (χ0) is 21.0. The molecule has 1 aromatic heterocycles. The summed E-state index contributed by atoms with van der Waals surface area (Å²) in [6, 6.07) is 13.1. The number of ketones is 1. The van der Waals surface area contributed by atoms with E-state index >= 15 is 0 Å². The maximum atomic E-state index is 12.5. The van der Waals surface area contributed by atoms with Crippen molar-refractivity contribution in [2.45, 2.75) is 26.5 Å². The molecule has 0 spiro atoms. The number of ether oxygens (including phenoxy) is 1. The number of hydrogen-bond acceptors (Lipinski definition) is 6. The Bertz CT molecular complexity index is 1140. The van der Waals surface area contributed by atoms with Crippen LogP contribution in [0.2, 0.25) is 0 Å². The molecule has 2 aromatic carbocycles. The molecule has 3 aromatic rings. The molecule has 0 unspecified atom stereocenters. The van der Waals surface area contributed by atoms with E-state index in [1.165, 1.54) is 32.3 Å². The Morgan fingerprint density at radius 1 is 1.10 bits per heavy atom. The molecule has 0 radical (unpaired) electrons. The summed E-state index contributed by atoms with van der Waals surface area (Å²) in [6.45, 7) is 2.50. The largest absolute Gasteiger partial charge is 0.453 e. The Labute approximate surface area is 166 Å². The topological polar surface area (TPSA) is 107 Å². The monoisotopic (exact) mass is 393 g/mol. The lowest BCUT2D eigenvalue weighted by molar-refractivity contribution is -0.147. The van der Waals surface area contributed by atoms with Gasteiger partial charge in [-0.2, -0.15) is 0 Å². The number of Topliss-reactive ketones (excluding diaryl/α,β-unsaturated/α-hetero) is 1. The molecular formula is C21H19N3O5. The minimum atomic E-state index is -1.03. The summed E-state index contributed by atoms with van der Waals surface area (Å²) in [5.41, 5.74) is 1.07. The Hall–Kier alpha value is -3.81. The van der Waals surface area contributed by atoms with Gasteiger partial charge in [0, 0.05) is 18.2 Å². The summed E-state index contributed by atoms with van der Waals surface area (Å²) in [6.07, 6.45) is 0.248. The number of nitrogens with zero attached hydrogens (tertiary/aromatic N) is 2. The van der Waals surface area contributed by atoms with Crippen molar-refractivity contribution in [1.29, 1.82) is 0 Å². The number of carbonyl (C=O) groups is 3. The van der Waals surface area contributed by atoms with Gasteiger partial charge in [-0.1, -0.05) is 12.1 Å². The van der Waals surface area contributed by atoms with Crippen molar-refractivity contribution in [3.8, 4) is 0 Å². The van der Waals surface area contributed by atoms with Crippen molar-refractivity contribution in [2.24, 2.45) is 0 Å². The lowest BCUT2D eigenvalue weighted by Crippen LogP contribution is -2.30. The molecule has 1 atom stereocenters. The van der Waals surface area contributed by atoms with Gasteiger partial charge in [0.25, 0.3) is 5.56 Å². The van der Waals surface area contributed by atoms with E-state index in [4.69, 9.17) is 4.74 Å². The molecule has 0 aliphatic heterocycles. The summed E-state index contributed by atoms with van der Waals surface area (Å²) in [5, 5.41) is 3.00. The molecule has 0 bridgehead atoms. The Balaban J connectivity index is 1.66. The minimum absolute atomic E-state index is 0.218. The van der Waals surface area contributed by atoms with Gasteiger partial charge >= 0.3 is 5.97 Å². The second-order valence-corrected chi connectivity index (χ2v) is 6.45. The van der Waals surface area contributed by atoms with Crippen LogP contribution in [0.1, 0.15) is 24.2 Å². The van der Waals surface area contributed by atoms with E-state index in [0.29, 0.717) is 22.2 Å². The Morgan fingerprint density at radius 3 is 2.48 bits per heavy atom. The van der Waals surface area contributed by atoms with Crippen LogP contribution in [0.5, 0.6) is 0 Å². The van der Waals surface area contributed by atoms with Crippen LogP contribution in [0.3, 0.4) is 0 Å². The number of nitrogens with one attached hydrogen (secondary N) is 1. The molecule has 29 heavy (non-hydrogen) atoms. The zero-order valence-corrected chi connectivity index (χ0v) is 15.9. The third-order valence-corrected chi connectivity index (χ3v) is 4.20. The van der Waals surface area contributed by atoms with Crippen molar-refractivity contribution < 1.29 is 19.1 Å². The van der Waals surface area contributed by atoms with Crippen molar-refractivity contribution in [3.05, 3.63) is 70.8 Å². The van der Waals surface area contributed by atoms with Gasteiger partial charge in [-0.3, -0.25) is 23.7 Å². The van der Waals surface area contributed by atoms with E-state index in [-0.39, 0.29) is 18.0 Å². The number of amides is 1. The summed E-state index contributed by atoms with van der Waals surface area (Å²) in [4.78, 5) is 52.3. The molecule has 148 valence electrons. The van der Waals surface area contributed by atoms with Gasteiger partial charge in [-0.15, -0.1) is 0 Å². The number of carbonyl (C=O) groups excluding carboxylic acids is 3. The van der Waals surface area contributed by atoms with Crippen LogP contribution < -0.4 is 10.9 Å². The molecule has 8 heteroatoms. The number of fused-ring (bicyclic) bond motifs is 1. The van der Waals surface area contributed by atoms with E-state index in [1.54, 1.807) is 36.4 Å². The van der Waals surface area contributed by atoms with Gasteiger partial charge in [-0.05, 0) is 43.3 Å². The molecule has 3 rings (SSSR count). The second kappa shape index (κ2) is 8.47. The van der Waals surface area contributed by atoms with E-state index in [1.807, 2.05) is 0 Å². The third kappa shape index (κ3) is 4.73. The summed E-state index contributed by atoms with van der Waals surface area (Å²) >= 11 is 0. The number of hydrogen-bond donors (Lipinski definition) is 1. The van der Waals surface area contributed by atoms with Crippen molar-refractivity contribution in [3.63, 3.8) is 0 Å². The van der Waals surface area contributed by atoms with Crippen LogP contribution in [0, 0.1) is 0 Å². The van der Waals surface area contributed by atoms with Crippen LogP contribution in [0.15, 0.2) is 59.7 Å². The SMILES string of the molecule is CC(=O)Nc1ccc(C(=O)[C@@H](C)OC(=O)Cn2cnc3ccccc3c2=O)cc1. The molecule has 1 heterocycles. The van der Waals surface area contributed by atoms with Gasteiger partial charge in [0.15, 0.2) is 6.10 Å². The van der Waals surface area contributed by atoms with E-state index in [2.05, 4.69) is 10.3 Å². The molecule has 8 nitrogen and oxygen atoms in total. The number of anilines is 1. The number of aromatic nitrogens is 2. The first-order valence-corrected chi connectivity index (χ1v) is 8.90. The number of esters is 1. The van der Waals surface area contributed by atoms with E-state index in [9.17, 15) is 19.2 Å². The second-order valence-electron chi connectivity index (χ2n) is 6.45. The van der Waals surface area contributed by atoms with Crippen LogP contribution >= 0.6 is 0 Å². The molecule has 0 aliphatic carbocycles. The molecule has 1 amide bonds. The summed E-state index contributed by atoms with van der Waals surface area (Å²) in [7, 11) is 0. The fourth-order valence-electron chi connectivity index (χ4n) is 2.80. The minimum Gasteiger partial charge on any atom is -0.453 e. The Kier molecular flexibility index (Phi) is 5.82. The first-order valence-electron chi connectivity index (χ1n) is 8.90. The average Bonchev–Trinajstić information content (AvgIpc) is 2.70. The van der Waals surface area contributed by atoms with Gasteiger partial charge in [0.2, 0.25) is 11.7 Å². The predicted molar refractivity (Wildman–Crippen MR) is 107 cm³/mol. The quantitative estimate of drug-likeness (QED) is 0.508. The highest BCUT2D eigenvalue weighted by Gasteiger charge is 2.20. The highest BCUT2D eigenvalue weighted by molar-refractivity contribution is 6.00. The first kappa shape index (κ1) is 19.9. The molecule has 0 fully saturated rings. The third-order valence-electron chi connectivity index (χ3n) is 4.20. The van der Waals surface area contributed by atoms with Crippen molar-refractivity contribution in [1.82, 2.24) is 9.55 Å². The number of rotatable bonds is 6. The summed E-state index contributed by atoms with van der Waals surface area (Å²) in [5.74, 6) is -1.33. The van der Waals surface area contributed by atoms with Crippen molar-refractivity contribution >= 4 is 34.3 Å². The smallest absolute Gasteiger partial charge is 0.326 e. The van der Waals surface area contributed by atoms with Gasteiger partial charge < -0.3 is 10.1 Å². The maximum absolute atomic E-state index is 12.5. The lowest BCUT2D eigenvalue weighted by Gasteiger charge is -2.13. The molecular weight excluding hydrogens is 374 g/mol. The lowest BCUT2D eigenvalue weighted by atomic mass is 10.1. The highest BCUT2D eigenvalue weighted by atomic mass is 16.5. The first-order chi connectivity index (χ1) is 13.8. The van der Waals surface area contributed by atoms with E-state index < -0.39 is 17.9 Å². The van der Waals surface area contributed by atoms with Gasteiger partial charge in [0.1, 0.15) is 6.54 Å². The standard InChI is InChI=1S/C21H19N3O5/c1-13(20(27)15-7-9-16(10-8-15)23-14(2)25)29-19(26)11-24-12-22-18-6-4-3-5-17(18)21(24)28/h3-10,12-13H,11H2,1-2H3,(H,23,25)/t13-/m1/s1. The van der Waals surface area contributed by atoms with E-state index in [0.717, 1.165) is 4.57 Å². The van der Waals surface area contributed by atoms with Crippen LogP contribution in [0.4, 0.5) is 5.69 Å². The molecule has 0 saturated carbocycles. The zero-order valence-electron chi connectivity index (χ0n) is 15.9. The van der Waals surface area contributed by atoms with Crippen LogP contribution in [-0.4, -0.2) is 33.3 Å². The van der Waals surface area contributed by atoms with Crippen molar-refractivity contribution in [2.75, 3.05) is 5.32 Å². The van der Waals surface area contributed by atoms with Gasteiger partial charge in [0.05, 0.1) is 17.2 Å². The number of benzene rings is 2.